The van der Waals surface area contributed by atoms with Crippen LogP contribution < -0.4 is 9.80 Å². The topological polar surface area (TPSA) is 90.3 Å². The Morgan fingerprint density at radius 1 is 1.11 bits per heavy atom. The highest BCUT2D eigenvalue weighted by atomic mass is 16.5. The first-order valence-electron chi connectivity index (χ1n) is 13.0. The molecule has 7 nitrogen and oxygen atoms in total. The SMILES string of the molecule is C[C@H]1[C@H](C(C)(C)O)[C@@H](CCO)O[C@]12C(=O)N(Cc1ccccc1)c1ccc(N3CCCCC3=O)cc12. The molecule has 0 bridgehead atoms. The molecule has 0 aliphatic carbocycles. The van der Waals surface area contributed by atoms with Crippen molar-refractivity contribution >= 4 is 23.2 Å². The van der Waals surface area contributed by atoms with Crippen LogP contribution in [0.5, 0.6) is 0 Å². The Kier molecular flexibility index (Phi) is 6.43. The van der Waals surface area contributed by atoms with Crippen LogP contribution in [0.2, 0.25) is 0 Å². The van der Waals surface area contributed by atoms with Crippen molar-refractivity contribution in [3.8, 4) is 0 Å². The number of aliphatic hydroxyl groups is 2. The van der Waals surface area contributed by atoms with E-state index in [1.165, 1.54) is 0 Å². The minimum Gasteiger partial charge on any atom is -0.396 e. The molecule has 0 unspecified atom stereocenters. The van der Waals surface area contributed by atoms with Crippen LogP contribution in [0.1, 0.15) is 57.6 Å². The Morgan fingerprint density at radius 2 is 1.86 bits per heavy atom. The number of anilines is 2. The first kappa shape index (κ1) is 24.9. The molecule has 2 N–H and O–H groups in total. The number of hydrogen-bond acceptors (Lipinski definition) is 5. The molecule has 3 aliphatic rings. The summed E-state index contributed by atoms with van der Waals surface area (Å²) < 4.78 is 6.66. The number of amides is 2. The molecule has 2 aromatic carbocycles. The minimum absolute atomic E-state index is 0.0913. The summed E-state index contributed by atoms with van der Waals surface area (Å²) in [4.78, 5) is 30.6. The average molecular weight is 493 g/mol. The molecule has 2 amide bonds. The van der Waals surface area contributed by atoms with Gasteiger partial charge in [-0.05, 0) is 56.9 Å². The highest BCUT2D eigenvalue weighted by Crippen LogP contribution is 2.58. The summed E-state index contributed by atoms with van der Waals surface area (Å²) in [6.45, 7) is 6.40. The van der Waals surface area contributed by atoms with E-state index < -0.39 is 17.3 Å². The number of hydrogen-bond donors (Lipinski definition) is 2. The molecule has 3 aliphatic heterocycles. The fourth-order valence-corrected chi connectivity index (χ4v) is 6.63. The molecule has 0 radical (unpaired) electrons. The summed E-state index contributed by atoms with van der Waals surface area (Å²) in [7, 11) is 0. The molecular formula is C29H36N2O5. The zero-order chi connectivity index (χ0) is 25.7. The van der Waals surface area contributed by atoms with Gasteiger partial charge in [0.05, 0.1) is 23.9 Å². The van der Waals surface area contributed by atoms with Gasteiger partial charge in [-0.2, -0.15) is 0 Å². The Labute approximate surface area is 212 Å². The van der Waals surface area contributed by atoms with Gasteiger partial charge in [-0.3, -0.25) is 9.59 Å². The maximum atomic E-state index is 14.4. The van der Waals surface area contributed by atoms with E-state index in [2.05, 4.69) is 0 Å². The van der Waals surface area contributed by atoms with Crippen molar-refractivity contribution < 1.29 is 24.5 Å². The molecule has 1 spiro atoms. The van der Waals surface area contributed by atoms with Crippen LogP contribution in [0, 0.1) is 11.8 Å². The molecule has 2 aromatic rings. The van der Waals surface area contributed by atoms with Gasteiger partial charge in [0.2, 0.25) is 5.91 Å². The molecule has 2 fully saturated rings. The lowest BCUT2D eigenvalue weighted by Crippen LogP contribution is -2.46. The smallest absolute Gasteiger partial charge is 0.264 e. The largest absolute Gasteiger partial charge is 0.396 e. The number of benzene rings is 2. The Morgan fingerprint density at radius 3 is 2.53 bits per heavy atom. The molecular weight excluding hydrogens is 456 g/mol. The van der Waals surface area contributed by atoms with Gasteiger partial charge in [0.15, 0.2) is 5.60 Å². The zero-order valence-electron chi connectivity index (χ0n) is 21.3. The lowest BCUT2D eigenvalue weighted by atomic mass is 9.71. The molecule has 36 heavy (non-hydrogen) atoms. The molecule has 7 heteroatoms. The molecule has 0 aromatic heterocycles. The quantitative estimate of drug-likeness (QED) is 0.641. The third-order valence-electron chi connectivity index (χ3n) is 8.20. The summed E-state index contributed by atoms with van der Waals surface area (Å²) in [5.74, 6) is -0.786. The van der Waals surface area contributed by atoms with Gasteiger partial charge in [-0.1, -0.05) is 37.3 Å². The second-order valence-corrected chi connectivity index (χ2v) is 11.0. The summed E-state index contributed by atoms with van der Waals surface area (Å²) in [6, 6.07) is 15.6. The third-order valence-corrected chi connectivity index (χ3v) is 8.20. The van der Waals surface area contributed by atoms with Crippen molar-refractivity contribution in [3.05, 3.63) is 59.7 Å². The van der Waals surface area contributed by atoms with Gasteiger partial charge < -0.3 is 24.7 Å². The maximum Gasteiger partial charge on any atom is 0.264 e. The lowest BCUT2D eigenvalue weighted by molar-refractivity contribution is -0.146. The fraction of sp³-hybridized carbons (Fsp3) is 0.517. The summed E-state index contributed by atoms with van der Waals surface area (Å²) in [6.07, 6.45) is 2.20. The molecule has 192 valence electrons. The van der Waals surface area contributed by atoms with E-state index in [0.717, 1.165) is 35.3 Å². The standard InChI is InChI=1S/C29H36N2O5/c1-19-26(28(2,3)35)24(14-16-32)36-29(19)22-17-21(30-15-8-7-11-25(30)33)12-13-23(22)31(27(29)34)18-20-9-5-4-6-10-20/h4-6,9-10,12-13,17,19,24,26,32,35H,7-8,11,14-16,18H2,1-3H3/t19-,24+,26-,29+/m0/s1. The number of nitrogens with zero attached hydrogens (tertiary/aromatic N) is 2. The number of fused-ring (bicyclic) bond motifs is 2. The van der Waals surface area contributed by atoms with Crippen LogP contribution in [0.15, 0.2) is 48.5 Å². The van der Waals surface area contributed by atoms with Crippen LogP contribution in [0.25, 0.3) is 0 Å². The summed E-state index contributed by atoms with van der Waals surface area (Å²) in [5, 5.41) is 20.9. The predicted molar refractivity (Wildman–Crippen MR) is 137 cm³/mol. The molecule has 2 saturated heterocycles. The van der Waals surface area contributed by atoms with E-state index >= 15 is 0 Å². The second-order valence-electron chi connectivity index (χ2n) is 11.0. The minimum atomic E-state index is -1.30. The normalized spacial score (nSPS) is 28.3. The van der Waals surface area contributed by atoms with E-state index in [-0.39, 0.29) is 30.3 Å². The highest BCUT2D eigenvalue weighted by molar-refractivity contribution is 6.08. The van der Waals surface area contributed by atoms with Gasteiger partial charge in [-0.15, -0.1) is 0 Å². The monoisotopic (exact) mass is 492 g/mol. The van der Waals surface area contributed by atoms with Crippen molar-refractivity contribution in [1.82, 2.24) is 0 Å². The van der Waals surface area contributed by atoms with Crippen molar-refractivity contribution in [2.45, 2.75) is 70.3 Å². The van der Waals surface area contributed by atoms with Gasteiger partial charge in [-0.25, -0.2) is 0 Å². The lowest BCUT2D eigenvalue weighted by Gasteiger charge is -2.34. The van der Waals surface area contributed by atoms with E-state index in [1.807, 2.05) is 55.5 Å². The van der Waals surface area contributed by atoms with Crippen LogP contribution in [-0.2, 0) is 26.5 Å². The summed E-state index contributed by atoms with van der Waals surface area (Å²) >= 11 is 0. The molecule has 0 saturated carbocycles. The number of piperidine rings is 1. The maximum absolute atomic E-state index is 14.4. The Balaban J connectivity index is 1.64. The van der Waals surface area contributed by atoms with E-state index in [0.29, 0.717) is 25.9 Å². The Hall–Kier alpha value is -2.74. The number of rotatable bonds is 6. The van der Waals surface area contributed by atoms with Gasteiger partial charge >= 0.3 is 0 Å². The molecule has 4 atom stereocenters. The highest BCUT2D eigenvalue weighted by Gasteiger charge is 2.65. The zero-order valence-corrected chi connectivity index (χ0v) is 21.3. The first-order chi connectivity index (χ1) is 17.2. The number of ether oxygens (including phenoxy) is 1. The van der Waals surface area contributed by atoms with Crippen LogP contribution in [0.3, 0.4) is 0 Å². The Bertz CT molecular complexity index is 1140. The van der Waals surface area contributed by atoms with Crippen LogP contribution >= 0.6 is 0 Å². The number of aliphatic hydroxyl groups excluding tert-OH is 1. The van der Waals surface area contributed by atoms with Crippen LogP contribution in [0.4, 0.5) is 11.4 Å². The van der Waals surface area contributed by atoms with Gasteiger partial charge in [0, 0.05) is 42.7 Å². The van der Waals surface area contributed by atoms with Crippen LogP contribution in [-0.4, -0.2) is 46.9 Å². The number of carbonyl (C=O) groups excluding carboxylic acids is 2. The van der Waals surface area contributed by atoms with E-state index in [4.69, 9.17) is 4.74 Å². The van der Waals surface area contributed by atoms with Crippen molar-refractivity contribution in [2.75, 3.05) is 23.0 Å². The van der Waals surface area contributed by atoms with Crippen molar-refractivity contribution in [3.63, 3.8) is 0 Å². The van der Waals surface area contributed by atoms with Crippen molar-refractivity contribution in [1.29, 1.82) is 0 Å². The second kappa shape index (κ2) is 9.29. The van der Waals surface area contributed by atoms with Gasteiger partial charge in [0.25, 0.3) is 5.91 Å². The van der Waals surface area contributed by atoms with Crippen molar-refractivity contribution in [2.24, 2.45) is 11.8 Å². The van der Waals surface area contributed by atoms with E-state index in [9.17, 15) is 19.8 Å². The van der Waals surface area contributed by atoms with Gasteiger partial charge in [0.1, 0.15) is 0 Å². The number of carbonyl (C=O) groups is 2. The molecule has 5 rings (SSSR count). The van der Waals surface area contributed by atoms with E-state index in [1.54, 1.807) is 23.6 Å². The molecule has 3 heterocycles. The average Bonchev–Trinajstić information content (AvgIpc) is 3.27. The third kappa shape index (κ3) is 3.94. The fourth-order valence-electron chi connectivity index (χ4n) is 6.63. The first-order valence-corrected chi connectivity index (χ1v) is 13.0. The summed E-state index contributed by atoms with van der Waals surface area (Å²) in [5.41, 5.74) is 0.860. The predicted octanol–water partition coefficient (Wildman–Crippen LogP) is 3.75.